The van der Waals surface area contributed by atoms with Gasteiger partial charge in [-0.3, -0.25) is 0 Å². The molecular weight excluding hydrogens is 208 g/mol. The summed E-state index contributed by atoms with van der Waals surface area (Å²) in [5, 5.41) is 21.1. The van der Waals surface area contributed by atoms with Crippen LogP contribution in [0.2, 0.25) is 0 Å². The number of phenols is 2. The minimum Gasteiger partial charge on any atom is -0.508 e. The van der Waals surface area contributed by atoms with Crippen LogP contribution >= 0.6 is 0 Å². The second kappa shape index (κ2) is 4.30. The summed E-state index contributed by atoms with van der Waals surface area (Å²) in [6, 6.07) is 3.81. The lowest BCUT2D eigenvalue weighted by atomic mass is 10.3. The summed E-state index contributed by atoms with van der Waals surface area (Å²) in [5.74, 6) is -0.145. The molecule has 3 N–H and O–H groups in total. The first kappa shape index (κ1) is 10.6. The van der Waals surface area contributed by atoms with Gasteiger partial charge < -0.3 is 20.4 Å². The largest absolute Gasteiger partial charge is 0.508 e. The Kier molecular flexibility index (Phi) is 2.85. The van der Waals surface area contributed by atoms with Crippen LogP contribution in [-0.4, -0.2) is 34.2 Å². The Morgan fingerprint density at radius 1 is 1.12 bits per heavy atom. The van der Waals surface area contributed by atoms with Crippen molar-refractivity contribution in [1.82, 2.24) is 4.90 Å². The van der Waals surface area contributed by atoms with Gasteiger partial charge in [-0.05, 0) is 12.8 Å². The molecule has 0 aliphatic carbocycles. The van der Waals surface area contributed by atoms with E-state index in [0.717, 1.165) is 25.9 Å². The Bertz CT molecular complexity index is 380. The van der Waals surface area contributed by atoms with Crippen molar-refractivity contribution in [3.8, 4) is 11.5 Å². The predicted molar refractivity (Wildman–Crippen MR) is 59.6 cm³/mol. The van der Waals surface area contributed by atoms with Gasteiger partial charge in [-0.25, -0.2) is 4.79 Å². The zero-order valence-corrected chi connectivity index (χ0v) is 8.81. The summed E-state index contributed by atoms with van der Waals surface area (Å²) < 4.78 is 0. The molecule has 16 heavy (non-hydrogen) atoms. The summed E-state index contributed by atoms with van der Waals surface area (Å²) in [5.41, 5.74) is 0.398. The third-order valence-electron chi connectivity index (χ3n) is 2.55. The monoisotopic (exact) mass is 222 g/mol. The number of anilines is 1. The van der Waals surface area contributed by atoms with Gasteiger partial charge in [0.15, 0.2) is 0 Å². The second-order valence-corrected chi connectivity index (χ2v) is 3.86. The highest BCUT2D eigenvalue weighted by Gasteiger charge is 2.17. The fraction of sp³-hybridized carbons (Fsp3) is 0.364. The molecule has 1 aliphatic rings. The first-order chi connectivity index (χ1) is 7.65. The van der Waals surface area contributed by atoms with E-state index < -0.39 is 0 Å². The van der Waals surface area contributed by atoms with Crippen LogP contribution in [0.4, 0.5) is 10.5 Å². The number of hydrogen-bond donors (Lipinski definition) is 3. The van der Waals surface area contributed by atoms with Gasteiger partial charge in [-0.2, -0.15) is 0 Å². The van der Waals surface area contributed by atoms with E-state index in [2.05, 4.69) is 5.32 Å². The van der Waals surface area contributed by atoms with Crippen LogP contribution in [0.1, 0.15) is 12.8 Å². The van der Waals surface area contributed by atoms with Gasteiger partial charge in [0.25, 0.3) is 0 Å². The molecule has 5 nitrogen and oxygen atoms in total. The number of phenolic OH excluding ortho intramolecular Hbond substituents is 2. The van der Waals surface area contributed by atoms with E-state index in [1.165, 1.54) is 18.2 Å². The van der Waals surface area contributed by atoms with Crippen LogP contribution in [0, 0.1) is 0 Å². The number of carbonyl (C=O) groups excluding carboxylic acids is 1. The van der Waals surface area contributed by atoms with Crippen molar-refractivity contribution < 1.29 is 15.0 Å². The van der Waals surface area contributed by atoms with E-state index in [1.54, 1.807) is 4.90 Å². The number of likely N-dealkylation sites (tertiary alicyclic amines) is 1. The third-order valence-corrected chi connectivity index (χ3v) is 2.55. The Hall–Kier alpha value is -1.91. The third kappa shape index (κ3) is 2.36. The molecule has 0 aromatic heterocycles. The maximum atomic E-state index is 11.7. The highest BCUT2D eigenvalue weighted by molar-refractivity contribution is 5.89. The number of urea groups is 1. The van der Waals surface area contributed by atoms with E-state index >= 15 is 0 Å². The molecule has 1 fully saturated rings. The van der Waals surface area contributed by atoms with Gasteiger partial charge in [-0.1, -0.05) is 0 Å². The van der Waals surface area contributed by atoms with Crippen LogP contribution in [0.25, 0.3) is 0 Å². The molecule has 1 aromatic carbocycles. The fourth-order valence-electron chi connectivity index (χ4n) is 1.79. The van der Waals surface area contributed by atoms with Crippen LogP contribution in [0.3, 0.4) is 0 Å². The minimum atomic E-state index is -0.192. The number of nitrogens with zero attached hydrogens (tertiary/aromatic N) is 1. The van der Waals surface area contributed by atoms with Crippen molar-refractivity contribution in [2.24, 2.45) is 0 Å². The lowest BCUT2D eigenvalue weighted by molar-refractivity contribution is 0.222. The highest BCUT2D eigenvalue weighted by Crippen LogP contribution is 2.24. The molecule has 0 radical (unpaired) electrons. The molecule has 86 valence electrons. The summed E-state index contributed by atoms with van der Waals surface area (Å²) in [6.07, 6.45) is 2.05. The molecule has 0 atom stereocenters. The fourth-order valence-corrected chi connectivity index (χ4v) is 1.79. The van der Waals surface area contributed by atoms with E-state index in [4.69, 9.17) is 0 Å². The molecule has 2 rings (SSSR count). The van der Waals surface area contributed by atoms with Crippen molar-refractivity contribution in [2.45, 2.75) is 12.8 Å². The van der Waals surface area contributed by atoms with Gasteiger partial charge in [0.2, 0.25) is 0 Å². The first-order valence-electron chi connectivity index (χ1n) is 5.24. The maximum Gasteiger partial charge on any atom is 0.321 e. The molecule has 1 saturated heterocycles. The highest BCUT2D eigenvalue weighted by atomic mass is 16.3. The van der Waals surface area contributed by atoms with Gasteiger partial charge in [0, 0.05) is 37.0 Å². The van der Waals surface area contributed by atoms with Crippen molar-refractivity contribution in [1.29, 1.82) is 0 Å². The second-order valence-electron chi connectivity index (χ2n) is 3.86. The van der Waals surface area contributed by atoms with Gasteiger partial charge in [0.1, 0.15) is 11.5 Å². The lowest BCUT2D eigenvalue weighted by Gasteiger charge is -2.16. The van der Waals surface area contributed by atoms with E-state index in [9.17, 15) is 15.0 Å². The number of amides is 2. The van der Waals surface area contributed by atoms with Crippen molar-refractivity contribution in [2.75, 3.05) is 18.4 Å². The molecule has 0 bridgehead atoms. The molecule has 1 aliphatic heterocycles. The molecule has 5 heteroatoms. The zero-order chi connectivity index (χ0) is 11.5. The standard InChI is InChI=1S/C11H14N2O3/c14-9-5-8(6-10(15)7-9)12-11(16)13-3-1-2-4-13/h5-7,14-15H,1-4H2,(H,12,16). The number of nitrogens with one attached hydrogen (secondary N) is 1. The van der Waals surface area contributed by atoms with Crippen LogP contribution in [0.15, 0.2) is 18.2 Å². The molecule has 0 spiro atoms. The van der Waals surface area contributed by atoms with Crippen molar-refractivity contribution in [3.05, 3.63) is 18.2 Å². The summed E-state index contributed by atoms with van der Waals surface area (Å²) in [4.78, 5) is 13.4. The van der Waals surface area contributed by atoms with Crippen molar-refractivity contribution >= 4 is 11.7 Å². The van der Waals surface area contributed by atoms with Crippen molar-refractivity contribution in [3.63, 3.8) is 0 Å². The van der Waals surface area contributed by atoms with Crippen LogP contribution in [-0.2, 0) is 0 Å². The van der Waals surface area contributed by atoms with Gasteiger partial charge in [0.05, 0.1) is 0 Å². The van der Waals surface area contributed by atoms with Crippen LogP contribution in [0.5, 0.6) is 11.5 Å². The Balaban J connectivity index is 2.05. The number of aromatic hydroxyl groups is 2. The number of carbonyl (C=O) groups is 1. The average Bonchev–Trinajstić information content (AvgIpc) is 2.68. The predicted octanol–water partition coefficient (Wildman–Crippen LogP) is 1.73. The van der Waals surface area contributed by atoms with E-state index in [1.807, 2.05) is 0 Å². The number of hydrogen-bond acceptors (Lipinski definition) is 3. The van der Waals surface area contributed by atoms with E-state index in [0.29, 0.717) is 5.69 Å². The van der Waals surface area contributed by atoms with E-state index in [-0.39, 0.29) is 17.5 Å². The van der Waals surface area contributed by atoms with Gasteiger partial charge in [-0.15, -0.1) is 0 Å². The number of rotatable bonds is 1. The SMILES string of the molecule is O=C(Nc1cc(O)cc(O)c1)N1CCCC1. The summed E-state index contributed by atoms with van der Waals surface area (Å²) in [6.45, 7) is 1.52. The topological polar surface area (TPSA) is 72.8 Å². The molecule has 1 aromatic rings. The van der Waals surface area contributed by atoms with Gasteiger partial charge >= 0.3 is 6.03 Å². The average molecular weight is 222 g/mol. The maximum absolute atomic E-state index is 11.7. The molecule has 0 unspecified atom stereocenters. The summed E-state index contributed by atoms with van der Waals surface area (Å²) >= 11 is 0. The van der Waals surface area contributed by atoms with Crippen LogP contribution < -0.4 is 5.32 Å². The lowest BCUT2D eigenvalue weighted by Crippen LogP contribution is -2.32. The quantitative estimate of drug-likeness (QED) is 0.677. The molecular formula is C11H14N2O3. The smallest absolute Gasteiger partial charge is 0.321 e. The first-order valence-corrected chi connectivity index (χ1v) is 5.24. The Labute approximate surface area is 93.3 Å². The molecule has 1 heterocycles. The Morgan fingerprint density at radius 3 is 2.25 bits per heavy atom. The summed E-state index contributed by atoms with van der Waals surface area (Å²) in [7, 11) is 0. The number of benzene rings is 1. The normalized spacial score (nSPS) is 15.1. The molecule has 0 saturated carbocycles. The Morgan fingerprint density at radius 2 is 1.69 bits per heavy atom. The molecule has 2 amide bonds. The zero-order valence-electron chi connectivity index (χ0n) is 8.81. The minimum absolute atomic E-state index is 0.0725.